The molecule has 0 saturated heterocycles. The van der Waals surface area contributed by atoms with Crippen molar-refractivity contribution < 1.29 is 4.74 Å². The number of benzene rings is 1. The molecule has 0 atom stereocenters. The van der Waals surface area contributed by atoms with Gasteiger partial charge in [0.2, 0.25) is 5.88 Å². The minimum absolute atomic E-state index is 0.529. The summed E-state index contributed by atoms with van der Waals surface area (Å²) in [6.45, 7) is 1.89. The number of hydrogen-bond donors (Lipinski definition) is 1. The smallest absolute Gasteiger partial charge is 0.255 e. The van der Waals surface area contributed by atoms with Gasteiger partial charge in [-0.3, -0.25) is 0 Å². The van der Waals surface area contributed by atoms with E-state index >= 15 is 0 Å². The molecule has 0 amide bonds. The van der Waals surface area contributed by atoms with Crippen LogP contribution < -0.4 is 10.1 Å². The SMILES string of the molecule is CNc1ccc(Oc2cc(C)nc3ncnn23)cc1. The Labute approximate surface area is 110 Å². The molecule has 0 aliphatic rings. The summed E-state index contributed by atoms with van der Waals surface area (Å²) < 4.78 is 7.39. The van der Waals surface area contributed by atoms with Gasteiger partial charge in [0.1, 0.15) is 12.1 Å². The molecule has 96 valence electrons. The Morgan fingerprint density at radius 3 is 2.74 bits per heavy atom. The number of anilines is 1. The molecule has 0 spiro atoms. The minimum atomic E-state index is 0.529. The van der Waals surface area contributed by atoms with Crippen molar-refractivity contribution in [2.75, 3.05) is 12.4 Å². The summed E-state index contributed by atoms with van der Waals surface area (Å²) in [7, 11) is 1.88. The monoisotopic (exact) mass is 255 g/mol. The van der Waals surface area contributed by atoms with Crippen molar-refractivity contribution in [1.82, 2.24) is 19.6 Å². The number of hydrogen-bond acceptors (Lipinski definition) is 5. The molecule has 3 aromatic rings. The summed E-state index contributed by atoms with van der Waals surface area (Å²) in [5.41, 5.74) is 1.87. The molecule has 0 aliphatic carbocycles. The number of fused-ring (bicyclic) bond motifs is 1. The molecule has 0 fully saturated rings. The average molecular weight is 255 g/mol. The Balaban J connectivity index is 1.97. The first-order valence-electron chi connectivity index (χ1n) is 5.89. The molecule has 2 aromatic heterocycles. The maximum Gasteiger partial charge on any atom is 0.255 e. The Hall–Kier alpha value is -2.63. The number of ether oxygens (including phenoxy) is 1. The molecule has 6 nitrogen and oxygen atoms in total. The van der Waals surface area contributed by atoms with Gasteiger partial charge in [-0.15, -0.1) is 0 Å². The van der Waals surface area contributed by atoms with E-state index in [0.717, 1.165) is 17.1 Å². The first-order chi connectivity index (χ1) is 9.26. The highest BCUT2D eigenvalue weighted by molar-refractivity contribution is 5.46. The van der Waals surface area contributed by atoms with Crippen LogP contribution in [0, 0.1) is 6.92 Å². The van der Waals surface area contributed by atoms with Crippen LogP contribution >= 0.6 is 0 Å². The summed E-state index contributed by atoms with van der Waals surface area (Å²) in [4.78, 5) is 8.32. The van der Waals surface area contributed by atoms with Gasteiger partial charge < -0.3 is 10.1 Å². The van der Waals surface area contributed by atoms with E-state index in [2.05, 4.69) is 20.4 Å². The van der Waals surface area contributed by atoms with E-state index in [0.29, 0.717) is 11.7 Å². The van der Waals surface area contributed by atoms with E-state index in [-0.39, 0.29) is 0 Å². The van der Waals surface area contributed by atoms with Crippen LogP contribution in [0.4, 0.5) is 5.69 Å². The van der Waals surface area contributed by atoms with Crippen molar-refractivity contribution in [2.45, 2.75) is 6.92 Å². The highest BCUT2D eigenvalue weighted by Gasteiger charge is 2.07. The van der Waals surface area contributed by atoms with Crippen molar-refractivity contribution in [3.63, 3.8) is 0 Å². The Morgan fingerprint density at radius 1 is 1.21 bits per heavy atom. The zero-order valence-corrected chi connectivity index (χ0v) is 10.7. The molecular weight excluding hydrogens is 242 g/mol. The van der Waals surface area contributed by atoms with Crippen LogP contribution in [0.15, 0.2) is 36.7 Å². The van der Waals surface area contributed by atoms with E-state index in [9.17, 15) is 0 Å². The maximum absolute atomic E-state index is 5.82. The number of aromatic nitrogens is 4. The summed E-state index contributed by atoms with van der Waals surface area (Å²) in [5.74, 6) is 1.86. The van der Waals surface area contributed by atoms with Crippen molar-refractivity contribution in [3.05, 3.63) is 42.4 Å². The summed E-state index contributed by atoms with van der Waals surface area (Å²) in [5, 5.41) is 7.15. The van der Waals surface area contributed by atoms with Gasteiger partial charge in [0.25, 0.3) is 5.78 Å². The summed E-state index contributed by atoms with van der Waals surface area (Å²) >= 11 is 0. The lowest BCUT2D eigenvalue weighted by molar-refractivity contribution is 0.445. The Kier molecular flexibility index (Phi) is 2.75. The predicted octanol–water partition coefficient (Wildman–Crippen LogP) is 2.27. The topological polar surface area (TPSA) is 64.3 Å². The van der Waals surface area contributed by atoms with Crippen LogP contribution in [0.1, 0.15) is 5.69 Å². The van der Waals surface area contributed by atoms with Gasteiger partial charge in [-0.2, -0.15) is 14.6 Å². The lowest BCUT2D eigenvalue weighted by Gasteiger charge is -2.08. The molecule has 0 radical (unpaired) electrons. The summed E-state index contributed by atoms with van der Waals surface area (Å²) in [6, 6.07) is 9.51. The molecule has 19 heavy (non-hydrogen) atoms. The van der Waals surface area contributed by atoms with E-state index in [1.54, 1.807) is 4.52 Å². The average Bonchev–Trinajstić information content (AvgIpc) is 2.88. The second kappa shape index (κ2) is 4.56. The fourth-order valence-electron chi connectivity index (χ4n) is 1.78. The number of nitrogens with zero attached hydrogens (tertiary/aromatic N) is 4. The van der Waals surface area contributed by atoms with Crippen LogP contribution in [-0.2, 0) is 0 Å². The second-order valence-electron chi connectivity index (χ2n) is 4.08. The third-order valence-corrected chi connectivity index (χ3v) is 2.71. The molecule has 2 heterocycles. The first-order valence-corrected chi connectivity index (χ1v) is 5.89. The van der Waals surface area contributed by atoms with Gasteiger partial charge in [-0.05, 0) is 31.2 Å². The van der Waals surface area contributed by atoms with E-state index in [1.807, 2.05) is 44.3 Å². The molecule has 0 bridgehead atoms. The van der Waals surface area contributed by atoms with Crippen molar-refractivity contribution in [3.8, 4) is 11.6 Å². The lowest BCUT2D eigenvalue weighted by Crippen LogP contribution is -1.99. The molecule has 0 aliphatic heterocycles. The third kappa shape index (κ3) is 2.20. The van der Waals surface area contributed by atoms with Crippen LogP contribution in [0.3, 0.4) is 0 Å². The van der Waals surface area contributed by atoms with E-state index < -0.39 is 0 Å². The second-order valence-corrected chi connectivity index (χ2v) is 4.08. The third-order valence-electron chi connectivity index (χ3n) is 2.71. The van der Waals surface area contributed by atoms with Crippen LogP contribution in [-0.4, -0.2) is 26.6 Å². The van der Waals surface area contributed by atoms with Gasteiger partial charge >= 0.3 is 0 Å². The maximum atomic E-state index is 5.82. The quantitative estimate of drug-likeness (QED) is 0.777. The normalized spacial score (nSPS) is 10.6. The predicted molar refractivity (Wildman–Crippen MR) is 71.6 cm³/mol. The molecule has 0 unspecified atom stereocenters. The van der Waals surface area contributed by atoms with E-state index in [4.69, 9.17) is 4.74 Å². The molecule has 3 rings (SSSR count). The van der Waals surface area contributed by atoms with Crippen molar-refractivity contribution in [2.24, 2.45) is 0 Å². The highest BCUT2D eigenvalue weighted by Crippen LogP contribution is 2.23. The van der Waals surface area contributed by atoms with Gasteiger partial charge in [0, 0.05) is 24.5 Å². The fraction of sp³-hybridized carbons (Fsp3) is 0.154. The number of aryl methyl sites for hydroxylation is 1. The van der Waals surface area contributed by atoms with E-state index in [1.165, 1.54) is 6.33 Å². The molecule has 6 heteroatoms. The van der Waals surface area contributed by atoms with Crippen molar-refractivity contribution in [1.29, 1.82) is 0 Å². The largest absolute Gasteiger partial charge is 0.439 e. The zero-order chi connectivity index (χ0) is 13.2. The fourth-order valence-corrected chi connectivity index (χ4v) is 1.78. The molecular formula is C13H13N5O. The van der Waals surface area contributed by atoms with Crippen molar-refractivity contribution >= 4 is 11.5 Å². The Bertz CT molecular complexity index is 705. The van der Waals surface area contributed by atoms with Crippen LogP contribution in [0.5, 0.6) is 11.6 Å². The summed E-state index contributed by atoms with van der Waals surface area (Å²) in [6.07, 6.45) is 1.46. The highest BCUT2D eigenvalue weighted by atomic mass is 16.5. The first kappa shape index (κ1) is 11.5. The molecule has 0 saturated carbocycles. The Morgan fingerprint density at radius 2 is 2.00 bits per heavy atom. The van der Waals surface area contributed by atoms with Crippen LogP contribution in [0.25, 0.3) is 5.78 Å². The van der Waals surface area contributed by atoms with Gasteiger partial charge in [0.15, 0.2) is 0 Å². The van der Waals surface area contributed by atoms with Gasteiger partial charge in [-0.1, -0.05) is 0 Å². The standard InChI is InChI=1S/C13H13N5O/c1-9-7-12(18-13(17-9)15-8-16-18)19-11-5-3-10(14-2)4-6-11/h3-8,14H,1-2H3. The van der Waals surface area contributed by atoms with Crippen LogP contribution in [0.2, 0.25) is 0 Å². The molecule has 1 aromatic carbocycles. The lowest BCUT2D eigenvalue weighted by atomic mass is 10.3. The number of rotatable bonds is 3. The van der Waals surface area contributed by atoms with Gasteiger partial charge in [-0.25, -0.2) is 4.98 Å². The number of nitrogens with one attached hydrogen (secondary N) is 1. The minimum Gasteiger partial charge on any atom is -0.439 e. The van der Waals surface area contributed by atoms with Gasteiger partial charge in [0.05, 0.1) is 0 Å². The molecule has 1 N–H and O–H groups in total. The zero-order valence-electron chi connectivity index (χ0n) is 10.7.